The molecular formula is C20H26F2N4O2S. The summed E-state index contributed by atoms with van der Waals surface area (Å²) >= 11 is 0. The molecule has 1 fully saturated rings. The van der Waals surface area contributed by atoms with Crippen molar-refractivity contribution in [3.8, 4) is 0 Å². The third kappa shape index (κ3) is 3.60. The lowest BCUT2D eigenvalue weighted by Gasteiger charge is -2.47. The van der Waals surface area contributed by atoms with Gasteiger partial charge in [-0.3, -0.25) is 4.90 Å². The maximum Gasteiger partial charge on any atom is 0.250 e. The molecule has 0 amide bonds. The molecule has 1 aliphatic heterocycles. The highest BCUT2D eigenvalue weighted by molar-refractivity contribution is 7.89. The molecule has 0 spiro atoms. The van der Waals surface area contributed by atoms with Crippen LogP contribution in [-0.2, 0) is 23.1 Å². The minimum Gasteiger partial charge on any atom is -0.327 e. The van der Waals surface area contributed by atoms with E-state index in [1.807, 2.05) is 6.92 Å². The highest BCUT2D eigenvalue weighted by atomic mass is 32.2. The van der Waals surface area contributed by atoms with Crippen molar-refractivity contribution in [2.75, 3.05) is 6.26 Å². The second-order valence-corrected chi connectivity index (χ2v) is 10.4. The van der Waals surface area contributed by atoms with Gasteiger partial charge in [0.15, 0.2) is 0 Å². The number of fused-ring (bicyclic) bond motifs is 1. The van der Waals surface area contributed by atoms with E-state index in [2.05, 4.69) is 16.9 Å². The number of benzene rings is 1. The Morgan fingerprint density at radius 1 is 1.17 bits per heavy atom. The lowest BCUT2D eigenvalue weighted by atomic mass is 9.66. The van der Waals surface area contributed by atoms with Crippen molar-refractivity contribution in [1.82, 2.24) is 14.1 Å². The maximum atomic E-state index is 14.4. The van der Waals surface area contributed by atoms with Crippen LogP contribution < -0.4 is 5.73 Å². The normalized spacial score (nSPS) is 30.5. The van der Waals surface area contributed by atoms with Gasteiger partial charge in [-0.05, 0) is 42.0 Å². The van der Waals surface area contributed by atoms with Crippen molar-refractivity contribution in [1.29, 1.82) is 0 Å². The van der Waals surface area contributed by atoms with E-state index in [0.717, 1.165) is 27.7 Å². The van der Waals surface area contributed by atoms with E-state index in [4.69, 9.17) is 5.73 Å². The molecule has 0 radical (unpaired) electrons. The zero-order valence-corrected chi connectivity index (χ0v) is 17.5. The highest BCUT2D eigenvalue weighted by Crippen LogP contribution is 2.44. The minimum absolute atomic E-state index is 0.0592. The van der Waals surface area contributed by atoms with Gasteiger partial charge in [-0.15, -0.1) is 0 Å². The number of nitrogens with zero attached hydrogens (tertiary/aromatic N) is 3. The van der Waals surface area contributed by atoms with E-state index >= 15 is 0 Å². The predicted molar refractivity (Wildman–Crippen MR) is 106 cm³/mol. The fourth-order valence-corrected chi connectivity index (χ4v) is 5.60. The molecule has 2 aromatic rings. The summed E-state index contributed by atoms with van der Waals surface area (Å²) in [6, 6.07) is 3.42. The molecule has 2 aliphatic rings. The topological polar surface area (TPSA) is 81.2 Å². The van der Waals surface area contributed by atoms with Crippen LogP contribution in [-0.4, -0.2) is 40.8 Å². The molecule has 4 rings (SSSR count). The molecule has 158 valence electrons. The van der Waals surface area contributed by atoms with E-state index in [1.165, 1.54) is 12.1 Å². The summed E-state index contributed by atoms with van der Waals surface area (Å²) in [5.74, 6) is -0.863. The summed E-state index contributed by atoms with van der Waals surface area (Å²) in [7, 11) is -3.40. The lowest BCUT2D eigenvalue weighted by Crippen LogP contribution is -2.52. The standard InChI is InChI=1S/C20H26F2N4O2S/c1-11-12(2)20(15-6-14(21)4-5-16(15)22)17(23)7-19(11)25-8-13-9-26(29(3,27)28)24-18(13)10-25/h4-6,9,11-12,17,19-20H,7-8,10,23H2,1-3H3/t11-,12+,17-,19+,20+/m0/s1. The Morgan fingerprint density at radius 2 is 1.90 bits per heavy atom. The van der Waals surface area contributed by atoms with Crippen molar-refractivity contribution >= 4 is 10.0 Å². The van der Waals surface area contributed by atoms with Gasteiger partial charge in [0, 0.05) is 42.9 Å². The van der Waals surface area contributed by atoms with Crippen LogP contribution in [0, 0.1) is 23.5 Å². The molecule has 1 aromatic carbocycles. The van der Waals surface area contributed by atoms with Gasteiger partial charge in [0.2, 0.25) is 0 Å². The van der Waals surface area contributed by atoms with Crippen LogP contribution in [0.4, 0.5) is 8.78 Å². The number of rotatable bonds is 3. The smallest absolute Gasteiger partial charge is 0.250 e. The number of nitrogens with two attached hydrogens (primary N) is 1. The van der Waals surface area contributed by atoms with Gasteiger partial charge >= 0.3 is 0 Å². The summed E-state index contributed by atoms with van der Waals surface area (Å²) in [4.78, 5) is 2.27. The van der Waals surface area contributed by atoms with Crippen LogP contribution in [0.1, 0.15) is 43.0 Å². The van der Waals surface area contributed by atoms with Gasteiger partial charge < -0.3 is 5.73 Å². The number of hydrogen-bond acceptors (Lipinski definition) is 5. The van der Waals surface area contributed by atoms with E-state index in [-0.39, 0.29) is 29.8 Å². The van der Waals surface area contributed by atoms with Gasteiger partial charge in [0.1, 0.15) is 11.6 Å². The first-order valence-corrected chi connectivity index (χ1v) is 11.6. The largest absolute Gasteiger partial charge is 0.327 e. The molecule has 5 atom stereocenters. The first kappa shape index (κ1) is 20.4. The van der Waals surface area contributed by atoms with Crippen LogP contribution in [0.25, 0.3) is 0 Å². The first-order valence-electron chi connectivity index (χ1n) is 9.78. The molecule has 0 unspecified atom stereocenters. The minimum atomic E-state index is -3.40. The summed E-state index contributed by atoms with van der Waals surface area (Å²) in [5.41, 5.74) is 8.51. The van der Waals surface area contributed by atoms with Crippen LogP contribution in [0.5, 0.6) is 0 Å². The molecule has 9 heteroatoms. The molecule has 2 heterocycles. The summed E-state index contributed by atoms with van der Waals surface area (Å²) in [6.07, 6.45) is 3.36. The summed E-state index contributed by atoms with van der Waals surface area (Å²) in [5, 5.41) is 4.22. The van der Waals surface area contributed by atoms with E-state index < -0.39 is 21.7 Å². The summed E-state index contributed by atoms with van der Waals surface area (Å²) < 4.78 is 52.6. The average Bonchev–Trinajstić information content (AvgIpc) is 3.20. The zero-order valence-electron chi connectivity index (χ0n) is 16.7. The fourth-order valence-electron chi connectivity index (χ4n) is 5.03. The molecule has 0 bridgehead atoms. The Balaban J connectivity index is 1.54. The van der Waals surface area contributed by atoms with Crippen LogP contribution in [0.3, 0.4) is 0 Å². The zero-order chi connectivity index (χ0) is 21.1. The quantitative estimate of drug-likeness (QED) is 0.819. The van der Waals surface area contributed by atoms with Crippen molar-refractivity contribution in [2.45, 2.75) is 51.4 Å². The van der Waals surface area contributed by atoms with Crippen molar-refractivity contribution < 1.29 is 17.2 Å². The predicted octanol–water partition coefficient (Wildman–Crippen LogP) is 2.44. The Bertz CT molecular complexity index is 1020. The van der Waals surface area contributed by atoms with Gasteiger partial charge in [-0.25, -0.2) is 17.2 Å². The monoisotopic (exact) mass is 424 g/mol. The molecule has 2 N–H and O–H groups in total. The molecule has 1 aliphatic carbocycles. The Hall–Kier alpha value is -1.84. The van der Waals surface area contributed by atoms with E-state index in [0.29, 0.717) is 25.1 Å². The molecule has 1 saturated carbocycles. The number of hydrogen-bond donors (Lipinski definition) is 1. The number of aromatic nitrogens is 2. The molecule has 1 aromatic heterocycles. The van der Waals surface area contributed by atoms with Crippen LogP contribution >= 0.6 is 0 Å². The molecule has 6 nitrogen and oxygen atoms in total. The van der Waals surface area contributed by atoms with Gasteiger partial charge in [-0.1, -0.05) is 13.8 Å². The third-order valence-corrected chi connectivity index (χ3v) is 7.55. The Labute approximate surface area is 169 Å². The van der Waals surface area contributed by atoms with Crippen molar-refractivity contribution in [3.05, 3.63) is 52.9 Å². The highest BCUT2D eigenvalue weighted by Gasteiger charge is 2.44. The van der Waals surface area contributed by atoms with Crippen LogP contribution in [0.2, 0.25) is 0 Å². The third-order valence-electron chi connectivity index (χ3n) is 6.69. The maximum absolute atomic E-state index is 14.4. The summed E-state index contributed by atoms with van der Waals surface area (Å²) in [6.45, 7) is 5.34. The van der Waals surface area contributed by atoms with E-state index in [9.17, 15) is 17.2 Å². The average molecular weight is 425 g/mol. The lowest BCUT2D eigenvalue weighted by molar-refractivity contribution is 0.0546. The van der Waals surface area contributed by atoms with Gasteiger partial charge in [0.25, 0.3) is 10.0 Å². The molecular weight excluding hydrogens is 398 g/mol. The second kappa shape index (κ2) is 7.14. The Morgan fingerprint density at radius 3 is 2.55 bits per heavy atom. The van der Waals surface area contributed by atoms with Crippen molar-refractivity contribution in [3.63, 3.8) is 0 Å². The van der Waals surface area contributed by atoms with Crippen molar-refractivity contribution in [2.24, 2.45) is 17.6 Å². The fraction of sp³-hybridized carbons (Fsp3) is 0.550. The SMILES string of the molecule is C[C@@H]1[C@H](C)[C@H](N2Cc3cn(S(C)(=O)=O)nc3C2)C[C@H](N)[C@H]1c1cc(F)ccc1F. The van der Waals surface area contributed by atoms with E-state index in [1.54, 1.807) is 6.20 Å². The molecule has 29 heavy (non-hydrogen) atoms. The number of halogens is 2. The van der Waals surface area contributed by atoms with Gasteiger partial charge in [0.05, 0.1) is 11.9 Å². The van der Waals surface area contributed by atoms with Gasteiger partial charge in [-0.2, -0.15) is 9.19 Å². The Kier molecular flexibility index (Phi) is 5.03. The molecule has 0 saturated heterocycles. The first-order chi connectivity index (χ1) is 13.6. The second-order valence-electron chi connectivity index (χ2n) is 8.52. The van der Waals surface area contributed by atoms with Crippen LogP contribution in [0.15, 0.2) is 24.4 Å².